The fraction of sp³-hybridized carbons (Fsp3) is 0.316. The summed E-state index contributed by atoms with van der Waals surface area (Å²) in [5, 5.41) is 0. The van der Waals surface area contributed by atoms with Gasteiger partial charge in [0, 0.05) is 13.1 Å². The molecule has 0 saturated heterocycles. The van der Waals surface area contributed by atoms with Crippen LogP contribution in [0.4, 0.5) is 0 Å². The van der Waals surface area contributed by atoms with E-state index in [1.54, 1.807) is 12.0 Å². The lowest BCUT2D eigenvalue weighted by Gasteiger charge is -2.30. The first-order valence-corrected chi connectivity index (χ1v) is 8.01. The van der Waals surface area contributed by atoms with Gasteiger partial charge >= 0.3 is 0 Å². The molecule has 3 rings (SSSR count). The van der Waals surface area contributed by atoms with Crippen molar-refractivity contribution in [1.82, 2.24) is 4.90 Å². The summed E-state index contributed by atoms with van der Waals surface area (Å²) in [6.45, 7) is 3.32. The van der Waals surface area contributed by atoms with Crippen molar-refractivity contribution < 1.29 is 19.0 Å². The highest BCUT2D eigenvalue weighted by molar-refractivity contribution is 5.82. The maximum Gasteiger partial charge on any atom is 0.267 e. The number of hydrogen-bond acceptors (Lipinski definition) is 4. The lowest BCUT2D eigenvalue weighted by atomic mass is 10.2. The first-order valence-electron chi connectivity index (χ1n) is 8.01. The van der Waals surface area contributed by atoms with Crippen LogP contribution in [-0.4, -0.2) is 37.2 Å². The van der Waals surface area contributed by atoms with Gasteiger partial charge in [-0.1, -0.05) is 24.3 Å². The van der Waals surface area contributed by atoms with E-state index in [0.29, 0.717) is 24.6 Å². The predicted octanol–water partition coefficient (Wildman–Crippen LogP) is 2.88. The Morgan fingerprint density at radius 2 is 1.88 bits per heavy atom. The van der Waals surface area contributed by atoms with E-state index in [1.165, 1.54) is 0 Å². The number of rotatable bonds is 5. The molecule has 2 aromatic carbocycles. The fourth-order valence-corrected chi connectivity index (χ4v) is 2.64. The van der Waals surface area contributed by atoms with Crippen LogP contribution >= 0.6 is 0 Å². The number of benzene rings is 2. The number of carbonyl (C=O) groups excluding carboxylic acids is 1. The molecule has 2 aromatic rings. The van der Waals surface area contributed by atoms with Crippen LogP contribution in [0.5, 0.6) is 17.2 Å². The number of amides is 1. The van der Waals surface area contributed by atoms with Crippen LogP contribution < -0.4 is 14.2 Å². The highest BCUT2D eigenvalue weighted by Crippen LogP contribution is 2.31. The molecule has 5 heteroatoms. The SMILES string of the molecule is CCN(Cc1ccc(OC)cc1)C(=O)C1COc2ccccc2O1. The highest BCUT2D eigenvalue weighted by Gasteiger charge is 2.30. The standard InChI is InChI=1S/C19H21NO4/c1-3-20(12-14-8-10-15(22-2)11-9-14)19(21)18-13-23-16-6-4-5-7-17(16)24-18/h4-11,18H,3,12-13H2,1-2H3. The van der Waals surface area contributed by atoms with Gasteiger partial charge in [0.2, 0.25) is 6.10 Å². The Morgan fingerprint density at radius 1 is 1.17 bits per heavy atom. The molecule has 1 atom stereocenters. The monoisotopic (exact) mass is 327 g/mol. The van der Waals surface area contributed by atoms with Crippen molar-refractivity contribution in [2.45, 2.75) is 19.6 Å². The molecule has 126 valence electrons. The third-order valence-electron chi connectivity index (χ3n) is 4.01. The van der Waals surface area contributed by atoms with E-state index in [-0.39, 0.29) is 12.5 Å². The minimum absolute atomic E-state index is 0.0668. The molecule has 0 aliphatic carbocycles. The van der Waals surface area contributed by atoms with Crippen LogP contribution in [0.25, 0.3) is 0 Å². The highest BCUT2D eigenvalue weighted by atomic mass is 16.6. The van der Waals surface area contributed by atoms with Gasteiger partial charge < -0.3 is 19.1 Å². The van der Waals surface area contributed by atoms with Crippen LogP contribution in [0.3, 0.4) is 0 Å². The summed E-state index contributed by atoms with van der Waals surface area (Å²) >= 11 is 0. The summed E-state index contributed by atoms with van der Waals surface area (Å²) in [7, 11) is 1.63. The van der Waals surface area contributed by atoms with Crippen molar-refractivity contribution in [2.75, 3.05) is 20.3 Å². The summed E-state index contributed by atoms with van der Waals surface area (Å²) in [5.41, 5.74) is 1.04. The minimum atomic E-state index is -0.613. The molecule has 1 heterocycles. The number of nitrogens with zero attached hydrogens (tertiary/aromatic N) is 1. The summed E-state index contributed by atoms with van der Waals surface area (Å²) in [4.78, 5) is 14.5. The van der Waals surface area contributed by atoms with E-state index in [4.69, 9.17) is 14.2 Å². The van der Waals surface area contributed by atoms with Gasteiger partial charge in [-0.2, -0.15) is 0 Å². The molecule has 5 nitrogen and oxygen atoms in total. The third kappa shape index (κ3) is 3.45. The Morgan fingerprint density at radius 3 is 2.54 bits per heavy atom. The Labute approximate surface area is 141 Å². The van der Waals surface area contributed by atoms with E-state index in [2.05, 4.69) is 0 Å². The number of carbonyl (C=O) groups is 1. The van der Waals surface area contributed by atoms with Crippen molar-refractivity contribution in [1.29, 1.82) is 0 Å². The molecule has 24 heavy (non-hydrogen) atoms. The minimum Gasteiger partial charge on any atom is -0.497 e. The van der Waals surface area contributed by atoms with Crippen molar-refractivity contribution in [3.05, 3.63) is 54.1 Å². The number of fused-ring (bicyclic) bond motifs is 1. The molecule has 1 aliphatic rings. The van der Waals surface area contributed by atoms with E-state index in [0.717, 1.165) is 11.3 Å². The van der Waals surface area contributed by atoms with Crippen LogP contribution in [-0.2, 0) is 11.3 Å². The normalized spacial score (nSPS) is 15.7. The lowest BCUT2D eigenvalue weighted by molar-refractivity contribution is -0.141. The van der Waals surface area contributed by atoms with Gasteiger partial charge in [-0.25, -0.2) is 0 Å². The lowest BCUT2D eigenvalue weighted by Crippen LogP contribution is -2.46. The second kappa shape index (κ2) is 7.25. The zero-order valence-electron chi connectivity index (χ0n) is 13.9. The van der Waals surface area contributed by atoms with Gasteiger partial charge in [0.25, 0.3) is 5.91 Å². The van der Waals surface area contributed by atoms with Crippen molar-refractivity contribution in [3.8, 4) is 17.2 Å². The van der Waals surface area contributed by atoms with Gasteiger partial charge in [-0.15, -0.1) is 0 Å². The maximum absolute atomic E-state index is 12.8. The van der Waals surface area contributed by atoms with Crippen molar-refractivity contribution >= 4 is 5.91 Å². The quantitative estimate of drug-likeness (QED) is 0.847. The summed E-state index contributed by atoms with van der Waals surface area (Å²) in [6, 6.07) is 15.1. The van der Waals surface area contributed by atoms with Gasteiger partial charge in [-0.05, 0) is 36.8 Å². The molecule has 1 amide bonds. The van der Waals surface area contributed by atoms with Crippen LogP contribution in [0, 0.1) is 0 Å². The first-order chi connectivity index (χ1) is 11.7. The topological polar surface area (TPSA) is 48.0 Å². The molecule has 0 N–H and O–H groups in total. The Hall–Kier alpha value is -2.69. The molecular weight excluding hydrogens is 306 g/mol. The van der Waals surface area contributed by atoms with E-state index < -0.39 is 6.10 Å². The van der Waals surface area contributed by atoms with Gasteiger partial charge in [0.05, 0.1) is 7.11 Å². The number of methoxy groups -OCH3 is 1. The van der Waals surface area contributed by atoms with E-state index in [1.807, 2.05) is 55.5 Å². The van der Waals surface area contributed by atoms with E-state index in [9.17, 15) is 4.79 Å². The second-order valence-electron chi connectivity index (χ2n) is 5.56. The second-order valence-corrected chi connectivity index (χ2v) is 5.56. The smallest absolute Gasteiger partial charge is 0.267 e. The zero-order chi connectivity index (χ0) is 16.9. The fourth-order valence-electron chi connectivity index (χ4n) is 2.64. The summed E-state index contributed by atoms with van der Waals surface area (Å²) < 4.78 is 16.6. The van der Waals surface area contributed by atoms with Crippen LogP contribution in [0.15, 0.2) is 48.5 Å². The molecule has 1 aliphatic heterocycles. The first kappa shape index (κ1) is 16.2. The Balaban J connectivity index is 1.68. The molecule has 0 bridgehead atoms. The largest absolute Gasteiger partial charge is 0.497 e. The number of ether oxygens (including phenoxy) is 3. The molecule has 0 radical (unpaired) electrons. The Bertz CT molecular complexity index is 699. The molecule has 0 fully saturated rings. The van der Waals surface area contributed by atoms with Crippen LogP contribution in [0.2, 0.25) is 0 Å². The van der Waals surface area contributed by atoms with Gasteiger partial charge in [-0.3, -0.25) is 4.79 Å². The predicted molar refractivity (Wildman–Crippen MR) is 90.4 cm³/mol. The average Bonchev–Trinajstić information content (AvgIpc) is 2.65. The van der Waals surface area contributed by atoms with E-state index >= 15 is 0 Å². The third-order valence-corrected chi connectivity index (χ3v) is 4.01. The van der Waals surface area contributed by atoms with Crippen molar-refractivity contribution in [3.63, 3.8) is 0 Å². The number of likely N-dealkylation sites (N-methyl/N-ethyl adjacent to an activating group) is 1. The number of hydrogen-bond donors (Lipinski definition) is 0. The zero-order valence-corrected chi connectivity index (χ0v) is 13.9. The Kier molecular flexibility index (Phi) is 4.89. The maximum atomic E-state index is 12.8. The van der Waals surface area contributed by atoms with Crippen LogP contribution in [0.1, 0.15) is 12.5 Å². The number of para-hydroxylation sites is 2. The molecule has 0 saturated carbocycles. The molecule has 1 unspecified atom stereocenters. The average molecular weight is 327 g/mol. The molecular formula is C19H21NO4. The van der Waals surface area contributed by atoms with Gasteiger partial charge in [0.15, 0.2) is 11.5 Å². The summed E-state index contributed by atoms with van der Waals surface area (Å²) in [5.74, 6) is 2.03. The van der Waals surface area contributed by atoms with Crippen molar-refractivity contribution in [2.24, 2.45) is 0 Å². The van der Waals surface area contributed by atoms with Gasteiger partial charge in [0.1, 0.15) is 12.4 Å². The molecule has 0 aromatic heterocycles. The molecule has 0 spiro atoms. The summed E-state index contributed by atoms with van der Waals surface area (Å²) in [6.07, 6.45) is -0.613.